The van der Waals surface area contributed by atoms with Crippen molar-refractivity contribution in [1.29, 1.82) is 0 Å². The molecule has 5 nitrogen and oxygen atoms in total. The van der Waals surface area contributed by atoms with Gasteiger partial charge in [0.05, 0.1) is 18.3 Å². The fraction of sp³-hybridized carbons (Fsp3) is 0.400. The summed E-state index contributed by atoms with van der Waals surface area (Å²) < 4.78 is 5.75. The lowest BCUT2D eigenvalue weighted by Crippen LogP contribution is -2.38. The summed E-state index contributed by atoms with van der Waals surface area (Å²) in [5, 5.41) is 11.0. The fourth-order valence-electron chi connectivity index (χ4n) is 1.85. The number of aromatic nitrogens is 1. The second-order valence-electron chi connectivity index (χ2n) is 3.58. The van der Waals surface area contributed by atoms with E-state index in [0.717, 1.165) is 11.3 Å². The van der Waals surface area contributed by atoms with Crippen LogP contribution in [0.4, 0.5) is 4.79 Å². The highest BCUT2D eigenvalue weighted by atomic mass is 32.2. The summed E-state index contributed by atoms with van der Waals surface area (Å²) in [6.45, 7) is 0.704. The van der Waals surface area contributed by atoms with Crippen LogP contribution >= 0.6 is 24.0 Å². The van der Waals surface area contributed by atoms with Gasteiger partial charge in [-0.25, -0.2) is 9.78 Å². The van der Waals surface area contributed by atoms with Gasteiger partial charge in [0.15, 0.2) is 0 Å². The third kappa shape index (κ3) is 2.46. The van der Waals surface area contributed by atoms with Crippen LogP contribution in [-0.2, 0) is 4.74 Å². The maximum Gasteiger partial charge on any atom is 0.408 e. The minimum absolute atomic E-state index is 0.285. The van der Waals surface area contributed by atoms with Gasteiger partial charge in [-0.3, -0.25) is 4.90 Å². The zero-order valence-electron chi connectivity index (χ0n) is 9.16. The van der Waals surface area contributed by atoms with E-state index in [1.165, 1.54) is 16.2 Å². The molecule has 1 aromatic rings. The number of ether oxygens (including phenoxy) is 1. The summed E-state index contributed by atoms with van der Waals surface area (Å²) in [5.41, 5.74) is 1.68. The normalized spacial score (nSPS) is 19.5. The molecule has 0 saturated heterocycles. The highest BCUT2D eigenvalue weighted by Crippen LogP contribution is 2.29. The number of carbonyl (C=O) groups is 1. The van der Waals surface area contributed by atoms with E-state index in [0.29, 0.717) is 17.5 Å². The number of thiol groups is 1. The Balaban J connectivity index is 2.25. The molecule has 17 heavy (non-hydrogen) atoms. The highest BCUT2D eigenvalue weighted by Gasteiger charge is 2.32. The first kappa shape index (κ1) is 12.4. The van der Waals surface area contributed by atoms with Crippen LogP contribution in [0.5, 0.6) is 0 Å². The van der Waals surface area contributed by atoms with Gasteiger partial charge in [0.2, 0.25) is 0 Å². The number of amides is 1. The molecule has 0 unspecified atom stereocenters. The number of hydrogen-bond donors (Lipinski definition) is 2. The Kier molecular flexibility index (Phi) is 3.70. The van der Waals surface area contributed by atoms with Gasteiger partial charge in [-0.05, 0) is 0 Å². The second kappa shape index (κ2) is 5.07. The molecule has 1 N–H and O–H groups in total. The van der Waals surface area contributed by atoms with Crippen LogP contribution in [0.2, 0.25) is 0 Å². The third-order valence-electron chi connectivity index (χ3n) is 2.60. The Morgan fingerprint density at radius 3 is 3.12 bits per heavy atom. The molecule has 0 fully saturated rings. The molecule has 1 amide bonds. The predicted octanol–water partition coefficient (Wildman–Crippen LogP) is 1.82. The molecular formula is C10H12N2O3S2. The van der Waals surface area contributed by atoms with Gasteiger partial charge >= 0.3 is 6.09 Å². The zero-order valence-corrected chi connectivity index (χ0v) is 10.9. The van der Waals surface area contributed by atoms with Crippen LogP contribution in [0, 0.1) is 0 Å². The summed E-state index contributed by atoms with van der Waals surface area (Å²) in [4.78, 5) is 16.7. The smallest absolute Gasteiger partial charge is 0.408 e. The summed E-state index contributed by atoms with van der Waals surface area (Å²) in [6.07, 6.45) is 0.930. The van der Waals surface area contributed by atoms with Crippen LogP contribution in [0.15, 0.2) is 15.8 Å². The molecular weight excluding hydrogens is 260 g/mol. The molecule has 1 aliphatic heterocycles. The number of rotatable bonds is 3. The number of nitrogens with zero attached hydrogens (tertiary/aromatic N) is 2. The largest absolute Gasteiger partial charge is 0.465 e. The number of carboxylic acid groups (broad SMARTS) is 1. The predicted molar refractivity (Wildman–Crippen MR) is 67.7 cm³/mol. The summed E-state index contributed by atoms with van der Waals surface area (Å²) in [7, 11) is 1.56. The summed E-state index contributed by atoms with van der Waals surface area (Å²) >= 11 is 5.59. The SMILES string of the molecule is COC[C@H]1C(c2csc(S)n2)=CCN1C(=O)O. The number of hydrogen-bond acceptors (Lipinski definition) is 5. The van der Waals surface area contributed by atoms with E-state index in [2.05, 4.69) is 17.6 Å². The maximum atomic E-state index is 11.1. The minimum Gasteiger partial charge on any atom is -0.465 e. The van der Waals surface area contributed by atoms with Gasteiger partial charge in [-0.1, -0.05) is 6.08 Å². The molecule has 1 aromatic heterocycles. The monoisotopic (exact) mass is 272 g/mol. The summed E-state index contributed by atoms with van der Waals surface area (Å²) in [5.74, 6) is 0. The van der Waals surface area contributed by atoms with Crippen molar-refractivity contribution in [2.24, 2.45) is 0 Å². The third-order valence-corrected chi connectivity index (χ3v) is 3.66. The first-order chi connectivity index (χ1) is 8.13. The van der Waals surface area contributed by atoms with E-state index >= 15 is 0 Å². The molecule has 2 rings (SSSR count). The molecule has 0 radical (unpaired) electrons. The minimum atomic E-state index is -0.945. The van der Waals surface area contributed by atoms with Crippen LogP contribution in [0.25, 0.3) is 5.57 Å². The molecule has 2 heterocycles. The van der Waals surface area contributed by atoms with Crippen molar-refractivity contribution in [1.82, 2.24) is 9.88 Å². The van der Waals surface area contributed by atoms with Gasteiger partial charge in [0, 0.05) is 24.6 Å². The van der Waals surface area contributed by atoms with Crippen molar-refractivity contribution >= 4 is 35.6 Å². The van der Waals surface area contributed by atoms with Gasteiger partial charge in [0.1, 0.15) is 4.34 Å². The molecule has 0 aliphatic carbocycles. The molecule has 0 saturated carbocycles. The first-order valence-electron chi connectivity index (χ1n) is 4.97. The average Bonchev–Trinajstić information content (AvgIpc) is 2.85. The van der Waals surface area contributed by atoms with Gasteiger partial charge in [-0.15, -0.1) is 24.0 Å². The Morgan fingerprint density at radius 2 is 2.59 bits per heavy atom. The van der Waals surface area contributed by atoms with Crippen LogP contribution < -0.4 is 0 Å². The quantitative estimate of drug-likeness (QED) is 0.824. The van der Waals surface area contributed by atoms with Crippen LogP contribution in [0.3, 0.4) is 0 Å². The van der Waals surface area contributed by atoms with E-state index in [9.17, 15) is 4.79 Å². The Labute approximate surface area is 108 Å². The molecule has 0 aromatic carbocycles. The summed E-state index contributed by atoms with van der Waals surface area (Å²) in [6, 6.07) is -0.285. The lowest BCUT2D eigenvalue weighted by atomic mass is 10.1. The van der Waals surface area contributed by atoms with Gasteiger partial charge in [0.25, 0.3) is 0 Å². The van der Waals surface area contributed by atoms with Crippen LogP contribution in [0.1, 0.15) is 5.69 Å². The fourth-order valence-corrected chi connectivity index (χ4v) is 2.67. The van der Waals surface area contributed by atoms with Crippen molar-refractivity contribution in [2.75, 3.05) is 20.3 Å². The topological polar surface area (TPSA) is 62.7 Å². The van der Waals surface area contributed by atoms with E-state index in [1.807, 2.05) is 11.5 Å². The molecule has 92 valence electrons. The molecule has 1 atom stereocenters. The lowest BCUT2D eigenvalue weighted by Gasteiger charge is -2.23. The van der Waals surface area contributed by atoms with Crippen molar-refractivity contribution in [2.45, 2.75) is 10.4 Å². The van der Waals surface area contributed by atoms with E-state index in [4.69, 9.17) is 9.84 Å². The highest BCUT2D eigenvalue weighted by molar-refractivity contribution is 7.82. The van der Waals surface area contributed by atoms with Crippen molar-refractivity contribution in [3.8, 4) is 0 Å². The van der Waals surface area contributed by atoms with Gasteiger partial charge in [-0.2, -0.15) is 0 Å². The second-order valence-corrected chi connectivity index (χ2v) is 5.17. The molecule has 0 spiro atoms. The standard InChI is InChI=1S/C10H12N2O3S2/c1-15-4-8-6(2-3-12(8)10(13)14)7-5-17-9(16)11-7/h2,5,8H,3-4H2,1H3,(H,11,16)(H,13,14)/t8-/m0/s1. The maximum absolute atomic E-state index is 11.1. The Morgan fingerprint density at radius 1 is 1.82 bits per heavy atom. The number of thiazole rings is 1. The Hall–Kier alpha value is -1.05. The lowest BCUT2D eigenvalue weighted by molar-refractivity contribution is 0.110. The number of methoxy groups -OCH3 is 1. The van der Waals surface area contributed by atoms with E-state index in [-0.39, 0.29) is 6.04 Å². The average molecular weight is 272 g/mol. The van der Waals surface area contributed by atoms with Gasteiger partial charge < -0.3 is 9.84 Å². The van der Waals surface area contributed by atoms with Crippen LogP contribution in [-0.4, -0.2) is 47.4 Å². The zero-order chi connectivity index (χ0) is 12.4. The Bertz CT molecular complexity index is 458. The van der Waals surface area contributed by atoms with Crippen molar-refractivity contribution < 1.29 is 14.6 Å². The molecule has 0 bridgehead atoms. The van der Waals surface area contributed by atoms with Crippen molar-refractivity contribution in [3.63, 3.8) is 0 Å². The molecule has 7 heteroatoms. The van der Waals surface area contributed by atoms with E-state index in [1.54, 1.807) is 7.11 Å². The van der Waals surface area contributed by atoms with E-state index < -0.39 is 6.09 Å². The van der Waals surface area contributed by atoms with Crippen molar-refractivity contribution in [3.05, 3.63) is 17.2 Å². The molecule has 1 aliphatic rings. The first-order valence-corrected chi connectivity index (χ1v) is 6.29.